The van der Waals surface area contributed by atoms with Gasteiger partial charge in [-0.05, 0) is 25.0 Å². The molecule has 0 aliphatic heterocycles. The van der Waals surface area contributed by atoms with Crippen molar-refractivity contribution in [2.45, 2.75) is 6.92 Å². The monoisotopic (exact) mass is 211 g/mol. The van der Waals surface area contributed by atoms with Crippen LogP contribution < -0.4 is 5.73 Å². The summed E-state index contributed by atoms with van der Waals surface area (Å²) in [5.74, 6) is 6.49. The van der Waals surface area contributed by atoms with Gasteiger partial charge in [0.2, 0.25) is 5.82 Å². The minimum absolute atomic E-state index is 0. The summed E-state index contributed by atoms with van der Waals surface area (Å²) in [7, 11) is 0. The summed E-state index contributed by atoms with van der Waals surface area (Å²) in [5, 5.41) is 0.870. The highest BCUT2D eigenvalue weighted by molar-refractivity contribution is 5.88. The molecule has 0 spiro atoms. The first-order valence-corrected chi connectivity index (χ1v) is 4.26. The zero-order valence-electron chi connectivity index (χ0n) is 8.28. The number of benzene rings is 1. The quantitative estimate of drug-likeness (QED) is 0.526. The van der Waals surface area contributed by atoms with Crippen LogP contribution in [0.1, 0.15) is 12.7 Å². The molecule has 2 aromatic rings. The van der Waals surface area contributed by atoms with Gasteiger partial charge in [0.15, 0.2) is 0 Å². The molecule has 15 heavy (non-hydrogen) atoms. The van der Waals surface area contributed by atoms with Gasteiger partial charge in [0.05, 0.1) is 5.52 Å². The number of nitrogens with zero attached hydrogens (tertiary/aromatic N) is 2. The lowest BCUT2D eigenvalue weighted by Gasteiger charge is -2.00. The molecule has 1 aromatic heterocycles. The van der Waals surface area contributed by atoms with Gasteiger partial charge in [0.25, 0.3) is 0 Å². The molecule has 4 radical (unpaired) electrons. The minimum atomic E-state index is 0. The smallest absolute Gasteiger partial charge is 0.207 e. The molecule has 2 N–H and O–H groups in total. The molecule has 0 unspecified atom stereocenters. The van der Waals surface area contributed by atoms with Crippen LogP contribution in [-0.4, -0.2) is 20.9 Å². The van der Waals surface area contributed by atoms with Crippen molar-refractivity contribution < 1.29 is 0 Å². The summed E-state index contributed by atoms with van der Waals surface area (Å²) in [6.45, 7) is 1.74. The van der Waals surface area contributed by atoms with Gasteiger partial charge in [-0.15, -0.1) is 0 Å². The highest BCUT2D eigenvalue weighted by atomic mass is 28.1. The largest absolute Gasteiger partial charge is 0.383 e. The van der Waals surface area contributed by atoms with Crippen molar-refractivity contribution in [1.29, 1.82) is 0 Å². The second kappa shape index (κ2) is 4.58. The zero-order valence-corrected chi connectivity index (χ0v) is 9.28. The van der Waals surface area contributed by atoms with Crippen LogP contribution in [0.25, 0.3) is 10.9 Å². The Morgan fingerprint density at radius 2 is 1.93 bits per heavy atom. The number of hydrogen-bond acceptors (Lipinski definition) is 3. The van der Waals surface area contributed by atoms with Crippen LogP contribution >= 0.6 is 0 Å². The van der Waals surface area contributed by atoms with E-state index >= 15 is 0 Å². The zero-order chi connectivity index (χ0) is 9.97. The van der Waals surface area contributed by atoms with Crippen molar-refractivity contribution in [2.75, 3.05) is 5.73 Å². The first kappa shape index (κ1) is 11.2. The van der Waals surface area contributed by atoms with Gasteiger partial charge in [-0.25, -0.2) is 9.97 Å². The maximum atomic E-state index is 5.77. The van der Waals surface area contributed by atoms with Gasteiger partial charge in [0, 0.05) is 16.4 Å². The SMILES string of the molecule is CC#Cc1nc(N)c2ccccc2n1.[Si]. The summed E-state index contributed by atoms with van der Waals surface area (Å²) in [6.07, 6.45) is 0. The van der Waals surface area contributed by atoms with Crippen molar-refractivity contribution in [1.82, 2.24) is 9.97 Å². The van der Waals surface area contributed by atoms with E-state index in [9.17, 15) is 0 Å². The van der Waals surface area contributed by atoms with Crippen molar-refractivity contribution in [3.8, 4) is 11.8 Å². The van der Waals surface area contributed by atoms with Gasteiger partial charge in [0.1, 0.15) is 5.82 Å². The van der Waals surface area contributed by atoms with Gasteiger partial charge in [-0.3, -0.25) is 0 Å². The third kappa shape index (κ3) is 2.14. The molecule has 0 fully saturated rings. The lowest BCUT2D eigenvalue weighted by atomic mass is 10.2. The van der Waals surface area contributed by atoms with Crippen molar-refractivity contribution >= 4 is 27.7 Å². The Balaban J connectivity index is 0.00000112. The predicted octanol–water partition coefficient (Wildman–Crippen LogP) is 1.20. The lowest BCUT2D eigenvalue weighted by molar-refractivity contribution is 1.18. The van der Waals surface area contributed by atoms with Crippen LogP contribution in [0.3, 0.4) is 0 Å². The Labute approximate surface area is 92.8 Å². The Morgan fingerprint density at radius 1 is 1.20 bits per heavy atom. The van der Waals surface area contributed by atoms with E-state index in [0.29, 0.717) is 11.6 Å². The summed E-state index contributed by atoms with van der Waals surface area (Å²) in [4.78, 5) is 8.35. The number of aromatic nitrogens is 2. The summed E-state index contributed by atoms with van der Waals surface area (Å²) >= 11 is 0. The molecule has 1 aromatic carbocycles. The van der Waals surface area contributed by atoms with Gasteiger partial charge >= 0.3 is 0 Å². The summed E-state index contributed by atoms with van der Waals surface area (Å²) < 4.78 is 0. The molecule has 4 heteroatoms. The molecule has 0 bridgehead atoms. The number of nitrogen functional groups attached to an aromatic ring is 1. The maximum absolute atomic E-state index is 5.77. The van der Waals surface area contributed by atoms with Crippen LogP contribution in [0.5, 0.6) is 0 Å². The third-order valence-corrected chi connectivity index (χ3v) is 1.87. The second-order valence-corrected chi connectivity index (χ2v) is 2.82. The van der Waals surface area contributed by atoms with Gasteiger partial charge < -0.3 is 5.73 Å². The lowest BCUT2D eigenvalue weighted by Crippen LogP contribution is -1.97. The number of nitrogens with two attached hydrogens (primary N) is 1. The fourth-order valence-electron chi connectivity index (χ4n) is 1.27. The van der Waals surface area contributed by atoms with Gasteiger partial charge in [-0.1, -0.05) is 18.1 Å². The molecular weight excluding hydrogens is 202 g/mol. The molecule has 0 aliphatic carbocycles. The number of anilines is 1. The number of rotatable bonds is 0. The van der Waals surface area contributed by atoms with E-state index in [-0.39, 0.29) is 11.0 Å². The average molecular weight is 211 g/mol. The third-order valence-electron chi connectivity index (χ3n) is 1.87. The number of fused-ring (bicyclic) bond motifs is 1. The van der Waals surface area contributed by atoms with E-state index in [1.807, 2.05) is 24.3 Å². The average Bonchev–Trinajstić information content (AvgIpc) is 2.18. The van der Waals surface area contributed by atoms with Crippen molar-refractivity contribution in [3.05, 3.63) is 30.1 Å². The topological polar surface area (TPSA) is 51.8 Å². The summed E-state index contributed by atoms with van der Waals surface area (Å²) in [6, 6.07) is 7.62. The van der Waals surface area contributed by atoms with E-state index < -0.39 is 0 Å². The van der Waals surface area contributed by atoms with Crippen LogP contribution in [-0.2, 0) is 0 Å². The van der Waals surface area contributed by atoms with Crippen molar-refractivity contribution in [2.24, 2.45) is 0 Å². The number of para-hydroxylation sites is 1. The van der Waals surface area contributed by atoms with E-state index in [1.54, 1.807) is 6.92 Å². The minimum Gasteiger partial charge on any atom is -0.383 e. The first-order chi connectivity index (χ1) is 6.81. The summed E-state index contributed by atoms with van der Waals surface area (Å²) in [5.41, 5.74) is 6.60. The standard InChI is InChI=1S/C11H9N3.Si/c1-2-5-10-13-9-7-4-3-6-8(9)11(12)14-10;/h3-4,6-7H,1H3,(H2,12,13,14);. The molecule has 2 rings (SSSR count). The molecule has 3 nitrogen and oxygen atoms in total. The van der Waals surface area contributed by atoms with Crippen LogP contribution in [0.4, 0.5) is 5.82 Å². The molecule has 0 atom stereocenters. The van der Waals surface area contributed by atoms with Crippen LogP contribution in [0.2, 0.25) is 0 Å². The molecule has 0 amide bonds. The van der Waals surface area contributed by atoms with Crippen molar-refractivity contribution in [3.63, 3.8) is 0 Å². The highest BCUT2D eigenvalue weighted by Gasteiger charge is 2.01. The second-order valence-electron chi connectivity index (χ2n) is 2.82. The Hall–Kier alpha value is -1.86. The van der Waals surface area contributed by atoms with E-state index in [0.717, 1.165) is 10.9 Å². The Morgan fingerprint density at radius 3 is 2.67 bits per heavy atom. The first-order valence-electron chi connectivity index (χ1n) is 4.26. The Kier molecular flexibility index (Phi) is 3.42. The van der Waals surface area contributed by atoms with E-state index in [1.165, 1.54) is 0 Å². The van der Waals surface area contributed by atoms with Gasteiger partial charge in [-0.2, -0.15) is 0 Å². The molecular formula is C11H9N3Si. The fraction of sp³-hybridized carbons (Fsp3) is 0.0909. The molecule has 0 saturated carbocycles. The number of hydrogen-bond donors (Lipinski definition) is 1. The maximum Gasteiger partial charge on any atom is 0.207 e. The normalized spacial score (nSPS) is 8.87. The highest BCUT2D eigenvalue weighted by Crippen LogP contribution is 2.16. The Bertz CT molecular complexity index is 540. The molecule has 0 aliphatic rings. The molecule has 0 saturated heterocycles. The predicted molar refractivity (Wildman–Crippen MR) is 62.3 cm³/mol. The van der Waals surface area contributed by atoms with Crippen LogP contribution in [0.15, 0.2) is 24.3 Å². The fourth-order valence-corrected chi connectivity index (χ4v) is 1.27. The van der Waals surface area contributed by atoms with Crippen LogP contribution in [0, 0.1) is 11.8 Å². The molecule has 1 heterocycles. The van der Waals surface area contributed by atoms with E-state index in [2.05, 4.69) is 21.8 Å². The molecule has 72 valence electrons. The van der Waals surface area contributed by atoms with E-state index in [4.69, 9.17) is 5.73 Å².